The van der Waals surface area contributed by atoms with Crippen LogP contribution in [-0.4, -0.2) is 42.5 Å². The minimum Gasteiger partial charge on any atom is -0.493 e. The smallest absolute Gasteiger partial charge is 0.307 e. The van der Waals surface area contributed by atoms with E-state index in [1.807, 2.05) is 86.3 Å². The number of carboxylic acid groups (broad SMARTS) is 1. The van der Waals surface area contributed by atoms with Gasteiger partial charge in [-0.2, -0.15) is 0 Å². The van der Waals surface area contributed by atoms with E-state index < -0.39 is 5.97 Å². The number of aromatic nitrogens is 5. The number of benzene rings is 3. The highest BCUT2D eigenvalue weighted by atomic mass is 16.5. The standard InChI is InChI=1S/C37H35N5O6/c1-4-41-24-38-20-31(41)16-15-29-21-42(30-8-6-5-7-9-30)40-37(29)47-22-27-12-17-33(34(18-27)45-3)46-23-32-25(2)48-36(39-32)28-13-10-26(11-14-28)19-35(43)44/h5-18,20-21,24H,4,19,22-23H2,1-3H3,(H,43,44)/b16-15-. The Balaban J connectivity index is 1.14. The van der Waals surface area contributed by atoms with Crippen LogP contribution in [0.5, 0.6) is 17.4 Å². The number of ether oxygens (including phenoxy) is 3. The van der Waals surface area contributed by atoms with E-state index in [1.165, 1.54) is 0 Å². The minimum atomic E-state index is -0.879. The Morgan fingerprint density at radius 3 is 2.50 bits per heavy atom. The first-order valence-electron chi connectivity index (χ1n) is 15.4. The number of oxazole rings is 1. The van der Waals surface area contributed by atoms with E-state index in [0.29, 0.717) is 40.3 Å². The number of aliphatic carboxylic acids is 1. The predicted molar refractivity (Wildman–Crippen MR) is 180 cm³/mol. The molecule has 244 valence electrons. The molecule has 0 radical (unpaired) electrons. The Bertz CT molecular complexity index is 2030. The highest BCUT2D eigenvalue weighted by Crippen LogP contribution is 2.31. The monoisotopic (exact) mass is 645 g/mol. The third-order valence-electron chi connectivity index (χ3n) is 7.66. The van der Waals surface area contributed by atoms with Crippen LogP contribution in [0.15, 0.2) is 95.9 Å². The van der Waals surface area contributed by atoms with Crippen molar-refractivity contribution < 1.29 is 28.5 Å². The van der Waals surface area contributed by atoms with Crippen molar-refractivity contribution >= 4 is 18.1 Å². The fraction of sp³-hybridized carbons (Fsp3) is 0.189. The quantitative estimate of drug-likeness (QED) is 0.133. The van der Waals surface area contributed by atoms with E-state index in [9.17, 15) is 4.79 Å². The lowest BCUT2D eigenvalue weighted by molar-refractivity contribution is -0.136. The van der Waals surface area contributed by atoms with Crippen molar-refractivity contribution in [3.8, 4) is 34.5 Å². The van der Waals surface area contributed by atoms with Gasteiger partial charge in [0.1, 0.15) is 24.7 Å². The normalized spacial score (nSPS) is 11.2. The predicted octanol–water partition coefficient (Wildman–Crippen LogP) is 7.02. The lowest BCUT2D eigenvalue weighted by Crippen LogP contribution is -2.02. The van der Waals surface area contributed by atoms with Gasteiger partial charge in [0.25, 0.3) is 0 Å². The Hall–Kier alpha value is -6.10. The molecule has 0 saturated carbocycles. The van der Waals surface area contributed by atoms with Crippen LogP contribution in [-0.2, 0) is 31.0 Å². The van der Waals surface area contributed by atoms with E-state index in [4.69, 9.17) is 28.8 Å². The lowest BCUT2D eigenvalue weighted by Gasteiger charge is -2.12. The number of para-hydroxylation sites is 1. The molecule has 0 aliphatic rings. The topological polar surface area (TPSA) is 127 Å². The third-order valence-corrected chi connectivity index (χ3v) is 7.66. The zero-order valence-corrected chi connectivity index (χ0v) is 26.9. The van der Waals surface area contributed by atoms with Gasteiger partial charge in [0.15, 0.2) is 11.5 Å². The molecule has 0 fully saturated rings. The molecule has 0 atom stereocenters. The molecular weight excluding hydrogens is 610 g/mol. The zero-order chi connectivity index (χ0) is 33.5. The molecule has 3 aromatic heterocycles. The fourth-order valence-corrected chi connectivity index (χ4v) is 5.06. The summed E-state index contributed by atoms with van der Waals surface area (Å²) in [4.78, 5) is 19.8. The van der Waals surface area contributed by atoms with Crippen LogP contribution < -0.4 is 14.2 Å². The number of nitrogens with zero attached hydrogens (tertiary/aromatic N) is 5. The molecule has 6 rings (SSSR count). The van der Waals surface area contributed by atoms with Gasteiger partial charge in [-0.1, -0.05) is 36.4 Å². The number of hydrogen-bond acceptors (Lipinski definition) is 8. The second-order valence-electron chi connectivity index (χ2n) is 11.0. The average Bonchev–Trinajstić information content (AvgIpc) is 3.84. The van der Waals surface area contributed by atoms with Crippen LogP contribution in [0.2, 0.25) is 0 Å². The molecule has 0 bridgehead atoms. The van der Waals surface area contributed by atoms with E-state index in [0.717, 1.165) is 34.6 Å². The van der Waals surface area contributed by atoms with Crippen molar-refractivity contribution in [3.63, 3.8) is 0 Å². The molecule has 3 aromatic carbocycles. The van der Waals surface area contributed by atoms with Crippen molar-refractivity contribution in [1.29, 1.82) is 0 Å². The maximum atomic E-state index is 11.0. The largest absolute Gasteiger partial charge is 0.493 e. The summed E-state index contributed by atoms with van der Waals surface area (Å²) in [6, 6.07) is 22.6. The Morgan fingerprint density at radius 1 is 0.958 bits per heavy atom. The minimum absolute atomic E-state index is 0.0410. The highest BCUT2D eigenvalue weighted by molar-refractivity contribution is 5.71. The van der Waals surface area contributed by atoms with Crippen LogP contribution in [0.3, 0.4) is 0 Å². The van der Waals surface area contributed by atoms with Crippen LogP contribution in [0.1, 0.15) is 40.8 Å². The third kappa shape index (κ3) is 7.47. The van der Waals surface area contributed by atoms with Gasteiger partial charge in [-0.05, 0) is 73.5 Å². The molecule has 0 unspecified atom stereocenters. The van der Waals surface area contributed by atoms with Gasteiger partial charge in [0.05, 0.1) is 43.0 Å². The maximum absolute atomic E-state index is 11.0. The Kier molecular flexibility index (Phi) is 9.66. The van der Waals surface area contributed by atoms with E-state index in [1.54, 1.807) is 36.1 Å². The van der Waals surface area contributed by atoms with Gasteiger partial charge < -0.3 is 28.3 Å². The Morgan fingerprint density at radius 2 is 1.75 bits per heavy atom. The van der Waals surface area contributed by atoms with Crippen molar-refractivity contribution in [2.24, 2.45) is 0 Å². The molecule has 6 aromatic rings. The summed E-state index contributed by atoms with van der Waals surface area (Å²) in [5.41, 5.74) is 5.71. The number of methoxy groups -OCH3 is 1. The molecule has 0 saturated heterocycles. The Labute approximate surface area is 277 Å². The molecule has 48 heavy (non-hydrogen) atoms. The molecule has 11 heteroatoms. The summed E-state index contributed by atoms with van der Waals surface area (Å²) in [5.74, 6) is 1.78. The van der Waals surface area contributed by atoms with Crippen LogP contribution in [0, 0.1) is 6.92 Å². The summed E-state index contributed by atoms with van der Waals surface area (Å²) < 4.78 is 27.7. The highest BCUT2D eigenvalue weighted by Gasteiger charge is 2.15. The molecule has 0 aliphatic heterocycles. The van der Waals surface area contributed by atoms with Crippen molar-refractivity contribution in [3.05, 3.63) is 125 Å². The van der Waals surface area contributed by atoms with Crippen molar-refractivity contribution in [2.75, 3.05) is 7.11 Å². The second kappa shape index (κ2) is 14.5. The first-order chi connectivity index (χ1) is 23.4. The van der Waals surface area contributed by atoms with Gasteiger partial charge in [-0.3, -0.25) is 4.79 Å². The number of hydrogen-bond donors (Lipinski definition) is 1. The van der Waals surface area contributed by atoms with E-state index in [-0.39, 0.29) is 19.6 Å². The lowest BCUT2D eigenvalue weighted by atomic mass is 10.1. The van der Waals surface area contributed by atoms with Crippen LogP contribution >= 0.6 is 0 Å². The first-order valence-corrected chi connectivity index (χ1v) is 15.4. The number of imidazole rings is 1. The molecule has 11 nitrogen and oxygen atoms in total. The van der Waals surface area contributed by atoms with Crippen molar-refractivity contribution in [2.45, 2.75) is 40.0 Å². The van der Waals surface area contributed by atoms with Crippen LogP contribution in [0.4, 0.5) is 0 Å². The van der Waals surface area contributed by atoms with Gasteiger partial charge in [-0.15, -0.1) is 5.10 Å². The van der Waals surface area contributed by atoms with Gasteiger partial charge in [0, 0.05) is 18.3 Å². The molecular formula is C37H35N5O6. The van der Waals surface area contributed by atoms with E-state index >= 15 is 0 Å². The summed E-state index contributed by atoms with van der Waals surface area (Å²) in [5, 5.41) is 13.7. The fourth-order valence-electron chi connectivity index (χ4n) is 5.06. The summed E-state index contributed by atoms with van der Waals surface area (Å²) in [6.07, 6.45) is 9.52. The molecule has 0 aliphatic carbocycles. The van der Waals surface area contributed by atoms with Crippen molar-refractivity contribution in [1.82, 2.24) is 24.3 Å². The summed E-state index contributed by atoms with van der Waals surface area (Å²) >= 11 is 0. The molecule has 1 N–H and O–H groups in total. The number of carbonyl (C=O) groups is 1. The zero-order valence-electron chi connectivity index (χ0n) is 26.9. The summed E-state index contributed by atoms with van der Waals surface area (Å²) in [6.45, 7) is 5.15. The maximum Gasteiger partial charge on any atom is 0.307 e. The molecule has 3 heterocycles. The van der Waals surface area contributed by atoms with Gasteiger partial charge in [-0.25, -0.2) is 14.6 Å². The molecule has 0 amide bonds. The van der Waals surface area contributed by atoms with Crippen LogP contribution in [0.25, 0.3) is 29.3 Å². The van der Waals surface area contributed by atoms with E-state index in [2.05, 4.69) is 21.5 Å². The number of rotatable bonds is 14. The second-order valence-corrected chi connectivity index (χ2v) is 11.0. The first kappa shape index (κ1) is 31.9. The van der Waals surface area contributed by atoms with Gasteiger partial charge in [0.2, 0.25) is 11.8 Å². The average molecular weight is 646 g/mol. The SMILES string of the molecule is CCn1cncc1/C=C\c1cn(-c2ccccc2)nc1OCc1ccc(OCc2nc(-c3ccc(CC(=O)O)cc3)oc2C)c(OC)c1. The van der Waals surface area contributed by atoms with Gasteiger partial charge >= 0.3 is 5.97 Å². The summed E-state index contributed by atoms with van der Waals surface area (Å²) in [7, 11) is 1.59. The molecule has 0 spiro atoms. The number of aryl methyl sites for hydroxylation is 2. The number of carboxylic acids is 1.